The topological polar surface area (TPSA) is 47.8 Å². The van der Waals surface area contributed by atoms with Gasteiger partial charge in [0.15, 0.2) is 11.0 Å². The van der Waals surface area contributed by atoms with Crippen molar-refractivity contribution in [3.63, 3.8) is 0 Å². The van der Waals surface area contributed by atoms with Crippen LogP contribution in [0.3, 0.4) is 0 Å². The molecule has 0 amide bonds. The molecular formula is C18H12Cl2F3N3OS. The van der Waals surface area contributed by atoms with Crippen LogP contribution in [0.1, 0.15) is 12.5 Å². The normalized spacial score (nSPS) is 11.6. The van der Waals surface area contributed by atoms with Crippen molar-refractivity contribution in [3.05, 3.63) is 58.1 Å². The Bertz CT molecular complexity index is 1040. The van der Waals surface area contributed by atoms with Gasteiger partial charge in [-0.05, 0) is 37.3 Å². The van der Waals surface area contributed by atoms with Crippen molar-refractivity contribution in [1.29, 1.82) is 0 Å². The van der Waals surface area contributed by atoms with Crippen LogP contribution in [0.2, 0.25) is 10.0 Å². The maximum absolute atomic E-state index is 13.3. The molecule has 0 N–H and O–H groups in total. The highest BCUT2D eigenvalue weighted by atomic mass is 35.5. The van der Waals surface area contributed by atoms with Crippen LogP contribution in [0.5, 0.6) is 0 Å². The van der Waals surface area contributed by atoms with Gasteiger partial charge in [-0.2, -0.15) is 13.2 Å². The number of carbonyl (C=O) groups excluding carboxylic acids is 1. The molecule has 0 aliphatic rings. The molecule has 0 spiro atoms. The number of halogens is 5. The number of aromatic nitrogens is 3. The summed E-state index contributed by atoms with van der Waals surface area (Å²) in [5.41, 5.74) is -0.235. The second kappa shape index (κ2) is 8.14. The van der Waals surface area contributed by atoms with E-state index in [0.717, 1.165) is 17.8 Å². The van der Waals surface area contributed by atoms with E-state index in [-0.39, 0.29) is 22.4 Å². The number of ketones is 1. The van der Waals surface area contributed by atoms with Gasteiger partial charge in [0.05, 0.1) is 22.0 Å². The molecule has 0 aliphatic carbocycles. The first-order valence-corrected chi connectivity index (χ1v) is 9.61. The van der Waals surface area contributed by atoms with Gasteiger partial charge >= 0.3 is 6.18 Å². The summed E-state index contributed by atoms with van der Waals surface area (Å²) in [6, 6.07) is 10.2. The lowest BCUT2D eigenvalue weighted by Crippen LogP contribution is -2.08. The molecule has 146 valence electrons. The van der Waals surface area contributed by atoms with Crippen LogP contribution in [0.15, 0.2) is 47.6 Å². The molecule has 0 radical (unpaired) electrons. The highest BCUT2D eigenvalue weighted by Crippen LogP contribution is 2.37. The summed E-state index contributed by atoms with van der Waals surface area (Å²) in [5, 5.41) is 8.46. The van der Waals surface area contributed by atoms with Gasteiger partial charge in [-0.1, -0.05) is 47.1 Å². The Morgan fingerprint density at radius 2 is 1.89 bits per heavy atom. The van der Waals surface area contributed by atoms with Crippen molar-refractivity contribution in [2.45, 2.75) is 18.3 Å². The molecule has 0 unspecified atom stereocenters. The van der Waals surface area contributed by atoms with Crippen molar-refractivity contribution < 1.29 is 18.0 Å². The zero-order valence-corrected chi connectivity index (χ0v) is 16.6. The molecule has 0 aliphatic heterocycles. The zero-order valence-electron chi connectivity index (χ0n) is 14.3. The third-order valence-corrected chi connectivity index (χ3v) is 5.27. The molecule has 4 nitrogen and oxygen atoms in total. The fourth-order valence-corrected chi connectivity index (χ4v) is 3.61. The lowest BCUT2D eigenvalue weighted by atomic mass is 10.1. The summed E-state index contributed by atoms with van der Waals surface area (Å²) >= 11 is 12.8. The summed E-state index contributed by atoms with van der Waals surface area (Å²) < 4.78 is 41.4. The first kappa shape index (κ1) is 20.7. The van der Waals surface area contributed by atoms with Gasteiger partial charge in [-0.15, -0.1) is 10.2 Å². The number of benzene rings is 2. The van der Waals surface area contributed by atoms with Crippen LogP contribution in [0.25, 0.3) is 17.1 Å². The number of hydrogen-bond donors (Lipinski definition) is 0. The number of alkyl halides is 3. The number of thioether (sulfide) groups is 1. The Morgan fingerprint density at radius 1 is 1.14 bits per heavy atom. The van der Waals surface area contributed by atoms with Gasteiger partial charge < -0.3 is 0 Å². The fourth-order valence-electron chi connectivity index (χ4n) is 2.45. The van der Waals surface area contributed by atoms with Crippen molar-refractivity contribution in [3.8, 4) is 17.1 Å². The minimum absolute atomic E-state index is 0.101. The molecule has 0 atom stereocenters. The molecule has 0 bridgehead atoms. The maximum Gasteiger partial charge on any atom is 0.417 e. The van der Waals surface area contributed by atoms with E-state index in [0.29, 0.717) is 16.4 Å². The Kier molecular flexibility index (Phi) is 6.02. The van der Waals surface area contributed by atoms with Crippen molar-refractivity contribution >= 4 is 40.7 Å². The van der Waals surface area contributed by atoms with Crippen molar-refractivity contribution in [1.82, 2.24) is 14.8 Å². The molecule has 1 heterocycles. The van der Waals surface area contributed by atoms with E-state index in [1.807, 2.05) is 0 Å². The second-order valence-corrected chi connectivity index (χ2v) is 7.59. The predicted octanol–water partition coefficient (Wildman–Crippen LogP) is 5.94. The van der Waals surface area contributed by atoms with Gasteiger partial charge in [0.25, 0.3) is 0 Å². The number of rotatable bonds is 5. The Morgan fingerprint density at radius 3 is 2.54 bits per heavy atom. The van der Waals surface area contributed by atoms with E-state index in [2.05, 4.69) is 10.2 Å². The molecule has 0 saturated heterocycles. The molecular weight excluding hydrogens is 434 g/mol. The van der Waals surface area contributed by atoms with Gasteiger partial charge in [0.1, 0.15) is 5.78 Å². The van der Waals surface area contributed by atoms with Crippen LogP contribution in [0.4, 0.5) is 13.2 Å². The first-order chi connectivity index (χ1) is 13.2. The van der Waals surface area contributed by atoms with Gasteiger partial charge in [-0.25, -0.2) is 0 Å². The van der Waals surface area contributed by atoms with E-state index >= 15 is 0 Å². The largest absolute Gasteiger partial charge is 0.417 e. The molecule has 1 aromatic heterocycles. The molecule has 3 rings (SSSR count). The minimum atomic E-state index is -4.62. The zero-order chi connectivity index (χ0) is 20.5. The summed E-state index contributed by atoms with van der Waals surface area (Å²) in [6.07, 6.45) is -4.62. The predicted molar refractivity (Wildman–Crippen MR) is 103 cm³/mol. The van der Waals surface area contributed by atoms with Crippen LogP contribution in [-0.4, -0.2) is 26.3 Å². The Hall–Kier alpha value is -2.03. The monoisotopic (exact) mass is 445 g/mol. The summed E-state index contributed by atoms with van der Waals surface area (Å²) in [6.45, 7) is 1.41. The van der Waals surface area contributed by atoms with E-state index in [1.165, 1.54) is 23.6 Å². The Balaban J connectivity index is 2.20. The highest BCUT2D eigenvalue weighted by molar-refractivity contribution is 7.99. The van der Waals surface area contributed by atoms with Crippen LogP contribution in [-0.2, 0) is 11.0 Å². The van der Waals surface area contributed by atoms with E-state index in [9.17, 15) is 18.0 Å². The third-order valence-electron chi connectivity index (χ3n) is 3.63. The molecule has 0 saturated carbocycles. The quantitative estimate of drug-likeness (QED) is 0.455. The number of Topliss-reactive ketones (excluding diaryl/α,β-unsaturated/α-hetero) is 1. The number of carbonyl (C=O) groups is 1. The van der Waals surface area contributed by atoms with Gasteiger partial charge in [0.2, 0.25) is 0 Å². The van der Waals surface area contributed by atoms with E-state index in [1.54, 1.807) is 24.3 Å². The third kappa shape index (κ3) is 4.51. The smallest absolute Gasteiger partial charge is 0.299 e. The van der Waals surface area contributed by atoms with Crippen LogP contribution < -0.4 is 0 Å². The average molecular weight is 446 g/mol. The van der Waals surface area contributed by atoms with Gasteiger partial charge in [0, 0.05) is 10.6 Å². The summed E-state index contributed by atoms with van der Waals surface area (Å²) in [5.74, 6) is 0.299. The van der Waals surface area contributed by atoms with Crippen LogP contribution >= 0.6 is 35.0 Å². The van der Waals surface area contributed by atoms with Crippen molar-refractivity contribution in [2.75, 3.05) is 5.75 Å². The number of hydrogen-bond acceptors (Lipinski definition) is 4. The molecule has 10 heteroatoms. The molecule has 28 heavy (non-hydrogen) atoms. The molecule has 3 aromatic rings. The standard InChI is InChI=1S/C18H12Cl2F3N3OS/c1-10(27)9-28-17-25-24-16(11-3-2-4-12(19)7-11)26(17)13-5-6-15(20)14(8-13)18(21,22)23/h2-8H,9H2,1H3. The SMILES string of the molecule is CC(=O)CSc1nnc(-c2cccc(Cl)c2)n1-c1ccc(Cl)c(C(F)(F)F)c1. The van der Waals surface area contributed by atoms with Crippen molar-refractivity contribution in [2.24, 2.45) is 0 Å². The lowest BCUT2D eigenvalue weighted by molar-refractivity contribution is -0.137. The maximum atomic E-state index is 13.3. The molecule has 0 fully saturated rings. The van der Waals surface area contributed by atoms with Crippen LogP contribution in [0, 0.1) is 0 Å². The second-order valence-electron chi connectivity index (χ2n) is 5.80. The number of nitrogens with zero attached hydrogens (tertiary/aromatic N) is 3. The Labute approximate surface area is 172 Å². The highest BCUT2D eigenvalue weighted by Gasteiger charge is 2.34. The molecule has 2 aromatic carbocycles. The van der Waals surface area contributed by atoms with E-state index < -0.39 is 16.8 Å². The average Bonchev–Trinajstić information content (AvgIpc) is 3.03. The summed E-state index contributed by atoms with van der Waals surface area (Å²) in [7, 11) is 0. The fraction of sp³-hybridized carbons (Fsp3) is 0.167. The lowest BCUT2D eigenvalue weighted by Gasteiger charge is -2.14. The van der Waals surface area contributed by atoms with E-state index in [4.69, 9.17) is 23.2 Å². The first-order valence-electron chi connectivity index (χ1n) is 7.87. The minimum Gasteiger partial charge on any atom is -0.299 e. The summed E-state index contributed by atoms with van der Waals surface area (Å²) in [4.78, 5) is 11.4. The van der Waals surface area contributed by atoms with Gasteiger partial charge in [-0.3, -0.25) is 9.36 Å².